The van der Waals surface area contributed by atoms with Crippen molar-refractivity contribution in [1.29, 1.82) is 0 Å². The van der Waals surface area contributed by atoms with E-state index in [0.717, 1.165) is 62.5 Å². The van der Waals surface area contributed by atoms with E-state index in [-0.39, 0.29) is 11.5 Å². The summed E-state index contributed by atoms with van der Waals surface area (Å²) in [6.07, 6.45) is 22.4. The first-order valence-electron chi connectivity index (χ1n) is 15.4. The number of ether oxygens (including phenoxy) is 2. The molecule has 214 valence electrons. The van der Waals surface area contributed by atoms with Gasteiger partial charge in [0.15, 0.2) is 11.5 Å². The SMILES string of the molecule is CCCCCCCCc1c(O)c(OC(=O)O)c(OC)c(CCCCCCCC)c1CCCCCCCC. The lowest BCUT2D eigenvalue weighted by Crippen LogP contribution is -2.11. The quantitative estimate of drug-likeness (QED) is 0.0852. The van der Waals surface area contributed by atoms with Gasteiger partial charge in [-0.2, -0.15) is 0 Å². The number of methoxy groups -OCH3 is 1. The van der Waals surface area contributed by atoms with Crippen molar-refractivity contribution in [2.75, 3.05) is 7.11 Å². The number of carboxylic acid groups (broad SMARTS) is 1. The number of hydrogen-bond acceptors (Lipinski definition) is 4. The Morgan fingerprint density at radius 2 is 0.946 bits per heavy atom. The maximum atomic E-state index is 11.5. The number of phenols is 1. The Labute approximate surface area is 227 Å². The highest BCUT2D eigenvalue weighted by atomic mass is 16.7. The monoisotopic (exact) mass is 520 g/mol. The standard InChI is InChI=1S/C32H56O5/c1-5-8-11-14-17-20-23-26-27(24-21-18-15-12-9-6-2)29(33)31(37-32(34)35)30(36-4)28(26)25-22-19-16-13-10-7-3/h33H,5-25H2,1-4H3,(H,34,35). The van der Waals surface area contributed by atoms with Gasteiger partial charge in [0.25, 0.3) is 0 Å². The van der Waals surface area contributed by atoms with Crippen LogP contribution < -0.4 is 9.47 Å². The lowest BCUT2D eigenvalue weighted by atomic mass is 9.88. The molecule has 5 heteroatoms. The molecule has 0 spiro atoms. The van der Waals surface area contributed by atoms with E-state index in [2.05, 4.69) is 20.8 Å². The molecular formula is C32H56O5. The third kappa shape index (κ3) is 12.9. The first kappa shape index (κ1) is 33.1. The number of phenolic OH excluding ortho intramolecular Hbond substituents is 1. The topological polar surface area (TPSA) is 76.0 Å². The summed E-state index contributed by atoms with van der Waals surface area (Å²) in [5.74, 6) is 0.338. The Morgan fingerprint density at radius 3 is 1.35 bits per heavy atom. The minimum atomic E-state index is -1.42. The molecule has 37 heavy (non-hydrogen) atoms. The summed E-state index contributed by atoms with van der Waals surface area (Å²) in [6, 6.07) is 0. The van der Waals surface area contributed by atoms with E-state index in [9.17, 15) is 15.0 Å². The second-order valence-corrected chi connectivity index (χ2v) is 10.6. The first-order chi connectivity index (χ1) is 18.0. The highest BCUT2D eigenvalue weighted by Gasteiger charge is 2.26. The molecular weight excluding hydrogens is 464 g/mol. The summed E-state index contributed by atoms with van der Waals surface area (Å²) in [7, 11) is 1.55. The Kier molecular flexibility index (Phi) is 18.9. The first-order valence-corrected chi connectivity index (χ1v) is 15.4. The van der Waals surface area contributed by atoms with Crippen LogP contribution in [-0.2, 0) is 19.3 Å². The van der Waals surface area contributed by atoms with Crippen molar-refractivity contribution in [2.24, 2.45) is 0 Å². The zero-order valence-electron chi connectivity index (χ0n) is 24.5. The fourth-order valence-electron chi connectivity index (χ4n) is 5.32. The van der Waals surface area contributed by atoms with Crippen LogP contribution >= 0.6 is 0 Å². The van der Waals surface area contributed by atoms with Gasteiger partial charge in [-0.05, 0) is 44.1 Å². The summed E-state index contributed by atoms with van der Waals surface area (Å²) in [4.78, 5) is 11.5. The Bertz CT molecular complexity index is 743. The van der Waals surface area contributed by atoms with Gasteiger partial charge in [0.1, 0.15) is 0 Å². The van der Waals surface area contributed by atoms with E-state index in [4.69, 9.17) is 9.47 Å². The molecule has 0 aliphatic carbocycles. The molecule has 0 atom stereocenters. The van der Waals surface area contributed by atoms with Gasteiger partial charge in [0.05, 0.1) is 7.11 Å². The van der Waals surface area contributed by atoms with Gasteiger partial charge in [-0.25, -0.2) is 4.79 Å². The Morgan fingerprint density at radius 1 is 0.568 bits per heavy atom. The summed E-state index contributed by atoms with van der Waals surface area (Å²) in [5, 5.41) is 20.7. The van der Waals surface area contributed by atoms with Gasteiger partial charge in [0.2, 0.25) is 5.75 Å². The summed E-state index contributed by atoms with van der Waals surface area (Å²) in [6.45, 7) is 6.68. The molecule has 0 aliphatic heterocycles. The van der Waals surface area contributed by atoms with Crippen molar-refractivity contribution in [3.8, 4) is 17.2 Å². The van der Waals surface area contributed by atoms with Gasteiger partial charge in [0, 0.05) is 11.1 Å². The number of carbonyl (C=O) groups is 1. The molecule has 0 unspecified atom stereocenters. The number of unbranched alkanes of at least 4 members (excludes halogenated alkanes) is 15. The van der Waals surface area contributed by atoms with Crippen LogP contribution in [0.4, 0.5) is 4.79 Å². The van der Waals surface area contributed by atoms with Crippen LogP contribution in [0.25, 0.3) is 0 Å². The predicted octanol–water partition coefficient (Wildman–Crippen LogP) is 10.2. The zero-order chi connectivity index (χ0) is 27.3. The fourth-order valence-corrected chi connectivity index (χ4v) is 5.32. The van der Waals surface area contributed by atoms with Crippen LogP contribution in [0.1, 0.15) is 153 Å². The molecule has 1 rings (SSSR count). The van der Waals surface area contributed by atoms with E-state index >= 15 is 0 Å². The molecule has 0 radical (unpaired) electrons. The van der Waals surface area contributed by atoms with E-state index in [1.165, 1.54) is 89.0 Å². The minimum Gasteiger partial charge on any atom is -0.504 e. The van der Waals surface area contributed by atoms with Gasteiger partial charge in [-0.1, -0.05) is 117 Å². The molecule has 0 heterocycles. The Balaban J connectivity index is 3.23. The molecule has 2 N–H and O–H groups in total. The second-order valence-electron chi connectivity index (χ2n) is 10.6. The number of hydrogen-bond donors (Lipinski definition) is 2. The van der Waals surface area contributed by atoms with E-state index in [1.807, 2.05) is 0 Å². The van der Waals surface area contributed by atoms with Crippen molar-refractivity contribution in [3.63, 3.8) is 0 Å². The Hall–Kier alpha value is -1.91. The molecule has 0 aliphatic rings. The van der Waals surface area contributed by atoms with E-state index in [1.54, 1.807) is 7.11 Å². The van der Waals surface area contributed by atoms with Crippen LogP contribution in [0, 0.1) is 0 Å². The van der Waals surface area contributed by atoms with Gasteiger partial charge in [-0.15, -0.1) is 0 Å². The average Bonchev–Trinajstić information content (AvgIpc) is 2.88. The van der Waals surface area contributed by atoms with Crippen LogP contribution in [0.15, 0.2) is 0 Å². The largest absolute Gasteiger partial charge is 0.511 e. The van der Waals surface area contributed by atoms with Crippen LogP contribution in [-0.4, -0.2) is 23.5 Å². The van der Waals surface area contributed by atoms with Crippen LogP contribution in [0.2, 0.25) is 0 Å². The van der Waals surface area contributed by atoms with Crippen LogP contribution in [0.3, 0.4) is 0 Å². The summed E-state index contributed by atoms with van der Waals surface area (Å²) in [5.41, 5.74) is 3.09. The minimum absolute atomic E-state index is 0.0244. The van der Waals surface area contributed by atoms with E-state index in [0.29, 0.717) is 5.75 Å². The molecule has 1 aromatic rings. The maximum absolute atomic E-state index is 11.5. The molecule has 0 bridgehead atoms. The summed E-state index contributed by atoms with van der Waals surface area (Å²) >= 11 is 0. The molecule has 5 nitrogen and oxygen atoms in total. The second kappa shape index (κ2) is 21.1. The molecule has 0 saturated heterocycles. The number of benzene rings is 1. The lowest BCUT2D eigenvalue weighted by Gasteiger charge is -2.23. The van der Waals surface area contributed by atoms with Crippen molar-refractivity contribution >= 4 is 6.16 Å². The van der Waals surface area contributed by atoms with E-state index < -0.39 is 6.16 Å². The number of rotatable bonds is 23. The third-order valence-electron chi connectivity index (χ3n) is 7.44. The number of aromatic hydroxyl groups is 1. The highest BCUT2D eigenvalue weighted by molar-refractivity contribution is 5.70. The molecule has 0 fully saturated rings. The lowest BCUT2D eigenvalue weighted by molar-refractivity contribution is 0.141. The highest BCUT2D eigenvalue weighted by Crippen LogP contribution is 2.47. The molecule has 0 amide bonds. The third-order valence-corrected chi connectivity index (χ3v) is 7.44. The predicted molar refractivity (Wildman–Crippen MR) is 155 cm³/mol. The smallest absolute Gasteiger partial charge is 0.504 e. The van der Waals surface area contributed by atoms with Crippen molar-refractivity contribution < 1.29 is 24.5 Å². The summed E-state index contributed by atoms with van der Waals surface area (Å²) < 4.78 is 10.9. The van der Waals surface area contributed by atoms with Gasteiger partial charge >= 0.3 is 6.16 Å². The van der Waals surface area contributed by atoms with Crippen molar-refractivity contribution in [2.45, 2.75) is 156 Å². The normalized spacial score (nSPS) is 11.1. The molecule has 0 aromatic heterocycles. The van der Waals surface area contributed by atoms with Crippen molar-refractivity contribution in [1.82, 2.24) is 0 Å². The maximum Gasteiger partial charge on any atom is 0.511 e. The van der Waals surface area contributed by atoms with Gasteiger partial charge in [-0.3, -0.25) is 0 Å². The van der Waals surface area contributed by atoms with Crippen molar-refractivity contribution in [3.05, 3.63) is 16.7 Å². The van der Waals surface area contributed by atoms with Crippen LogP contribution in [0.5, 0.6) is 17.2 Å². The molecule has 0 saturated carbocycles. The zero-order valence-corrected chi connectivity index (χ0v) is 24.5. The van der Waals surface area contributed by atoms with Gasteiger partial charge < -0.3 is 19.7 Å². The average molecular weight is 521 g/mol. The fraction of sp³-hybridized carbons (Fsp3) is 0.781. The molecule has 1 aromatic carbocycles.